The molecule has 0 heterocycles. The Morgan fingerprint density at radius 3 is 2.50 bits per heavy atom. The highest BCUT2D eigenvalue weighted by Gasteiger charge is 2.21. The molecular formula is C8H17NS. The van der Waals surface area contributed by atoms with E-state index in [0.29, 0.717) is 6.04 Å². The molecule has 1 N–H and O–H groups in total. The van der Waals surface area contributed by atoms with Gasteiger partial charge in [0.05, 0.1) is 0 Å². The van der Waals surface area contributed by atoms with Crippen LogP contribution in [-0.2, 0) is 0 Å². The van der Waals surface area contributed by atoms with E-state index in [2.05, 4.69) is 17.9 Å². The van der Waals surface area contributed by atoms with Gasteiger partial charge < -0.3 is 5.32 Å². The van der Waals surface area contributed by atoms with Gasteiger partial charge in [-0.2, -0.15) is 12.6 Å². The van der Waals surface area contributed by atoms with E-state index in [9.17, 15) is 0 Å². The van der Waals surface area contributed by atoms with Crippen LogP contribution < -0.4 is 5.32 Å². The number of hydrogen-bond donors (Lipinski definition) is 2. The van der Waals surface area contributed by atoms with Gasteiger partial charge in [-0.3, -0.25) is 0 Å². The molecule has 0 aromatic heterocycles. The zero-order valence-electron chi connectivity index (χ0n) is 6.64. The Kier molecular flexibility index (Phi) is 3.57. The molecule has 60 valence electrons. The van der Waals surface area contributed by atoms with Crippen molar-refractivity contribution in [3.05, 3.63) is 0 Å². The van der Waals surface area contributed by atoms with E-state index in [1.807, 2.05) is 7.05 Å². The largest absolute Gasteiger partial charge is 0.316 e. The average molecular weight is 159 g/mol. The minimum atomic E-state index is 0.658. The Labute approximate surface area is 69.0 Å². The first-order chi connectivity index (χ1) is 4.88. The number of hydrogen-bond acceptors (Lipinski definition) is 2. The normalized spacial score (nSPS) is 23.4. The molecule has 1 nitrogen and oxygen atoms in total. The van der Waals surface area contributed by atoms with Crippen molar-refractivity contribution < 1.29 is 0 Å². The first kappa shape index (κ1) is 8.41. The molecule has 1 fully saturated rings. The molecule has 0 amide bonds. The summed E-state index contributed by atoms with van der Waals surface area (Å²) in [5, 5.41) is 3.32. The van der Waals surface area contributed by atoms with Gasteiger partial charge in [0.15, 0.2) is 0 Å². The molecule has 0 aliphatic heterocycles. The van der Waals surface area contributed by atoms with Gasteiger partial charge in [-0.05, 0) is 25.8 Å². The summed E-state index contributed by atoms with van der Waals surface area (Å²) in [7, 11) is 2.04. The second kappa shape index (κ2) is 4.24. The maximum absolute atomic E-state index is 4.31. The summed E-state index contributed by atoms with van der Waals surface area (Å²) in [6.07, 6.45) is 5.67. The SMILES string of the molecule is CNC(CS)C1CCCC1. The number of nitrogens with one attached hydrogen (secondary N) is 1. The molecule has 0 saturated heterocycles. The van der Waals surface area contributed by atoms with Gasteiger partial charge in [0.25, 0.3) is 0 Å². The van der Waals surface area contributed by atoms with E-state index in [1.165, 1.54) is 25.7 Å². The summed E-state index contributed by atoms with van der Waals surface area (Å²) < 4.78 is 0. The van der Waals surface area contributed by atoms with Crippen LogP contribution in [0.1, 0.15) is 25.7 Å². The van der Waals surface area contributed by atoms with E-state index in [1.54, 1.807) is 0 Å². The van der Waals surface area contributed by atoms with Crippen LogP contribution >= 0.6 is 12.6 Å². The molecule has 2 heteroatoms. The van der Waals surface area contributed by atoms with Gasteiger partial charge in [0.2, 0.25) is 0 Å². The highest BCUT2D eigenvalue weighted by molar-refractivity contribution is 7.80. The van der Waals surface area contributed by atoms with E-state index >= 15 is 0 Å². The van der Waals surface area contributed by atoms with E-state index in [-0.39, 0.29) is 0 Å². The monoisotopic (exact) mass is 159 g/mol. The summed E-state index contributed by atoms with van der Waals surface area (Å²) in [6, 6.07) is 0.658. The quantitative estimate of drug-likeness (QED) is 0.597. The van der Waals surface area contributed by atoms with Crippen LogP contribution in [-0.4, -0.2) is 18.8 Å². The van der Waals surface area contributed by atoms with Gasteiger partial charge in [-0.15, -0.1) is 0 Å². The van der Waals surface area contributed by atoms with E-state index < -0.39 is 0 Å². The highest BCUT2D eigenvalue weighted by atomic mass is 32.1. The summed E-state index contributed by atoms with van der Waals surface area (Å²) in [6.45, 7) is 0. The van der Waals surface area contributed by atoms with Crippen LogP contribution in [0.25, 0.3) is 0 Å². The van der Waals surface area contributed by atoms with Crippen molar-refractivity contribution in [3.8, 4) is 0 Å². The molecule has 0 radical (unpaired) electrons. The smallest absolute Gasteiger partial charge is 0.0180 e. The van der Waals surface area contributed by atoms with Crippen molar-refractivity contribution in [2.75, 3.05) is 12.8 Å². The van der Waals surface area contributed by atoms with Crippen LogP contribution in [0.2, 0.25) is 0 Å². The Hall–Kier alpha value is 0.310. The molecule has 1 aliphatic carbocycles. The minimum absolute atomic E-state index is 0.658. The van der Waals surface area contributed by atoms with Gasteiger partial charge in [0, 0.05) is 11.8 Å². The molecule has 0 bridgehead atoms. The zero-order valence-corrected chi connectivity index (χ0v) is 7.53. The van der Waals surface area contributed by atoms with Crippen molar-refractivity contribution in [1.82, 2.24) is 5.32 Å². The van der Waals surface area contributed by atoms with Gasteiger partial charge in [-0.1, -0.05) is 12.8 Å². The Morgan fingerprint density at radius 2 is 2.10 bits per heavy atom. The first-order valence-electron chi connectivity index (χ1n) is 4.16. The third-order valence-corrected chi connectivity index (χ3v) is 2.93. The van der Waals surface area contributed by atoms with Gasteiger partial charge in [0.1, 0.15) is 0 Å². The lowest BCUT2D eigenvalue weighted by Crippen LogP contribution is -2.33. The fourth-order valence-corrected chi connectivity index (χ4v) is 2.32. The molecule has 1 unspecified atom stereocenters. The zero-order chi connectivity index (χ0) is 7.40. The van der Waals surface area contributed by atoms with Crippen molar-refractivity contribution >= 4 is 12.6 Å². The van der Waals surface area contributed by atoms with E-state index in [0.717, 1.165) is 11.7 Å². The molecule has 1 atom stereocenters. The molecule has 0 aromatic rings. The van der Waals surface area contributed by atoms with Crippen molar-refractivity contribution in [2.24, 2.45) is 5.92 Å². The van der Waals surface area contributed by atoms with Crippen molar-refractivity contribution in [2.45, 2.75) is 31.7 Å². The third kappa shape index (κ3) is 1.89. The Morgan fingerprint density at radius 1 is 1.50 bits per heavy atom. The lowest BCUT2D eigenvalue weighted by molar-refractivity contribution is 0.411. The maximum Gasteiger partial charge on any atom is 0.0180 e. The first-order valence-corrected chi connectivity index (χ1v) is 4.80. The van der Waals surface area contributed by atoms with Crippen LogP contribution in [0.15, 0.2) is 0 Å². The molecule has 0 aromatic carbocycles. The second-order valence-electron chi connectivity index (χ2n) is 3.12. The molecule has 1 aliphatic rings. The fraction of sp³-hybridized carbons (Fsp3) is 1.00. The molecule has 1 saturated carbocycles. The second-order valence-corrected chi connectivity index (χ2v) is 3.49. The molecule has 0 spiro atoms. The molecular weight excluding hydrogens is 142 g/mol. The minimum Gasteiger partial charge on any atom is -0.316 e. The molecule has 10 heavy (non-hydrogen) atoms. The maximum atomic E-state index is 4.31. The molecule has 1 rings (SSSR count). The summed E-state index contributed by atoms with van der Waals surface area (Å²) in [5.74, 6) is 1.89. The Balaban J connectivity index is 2.29. The van der Waals surface area contributed by atoms with Crippen LogP contribution in [0.5, 0.6) is 0 Å². The predicted octanol–water partition coefficient (Wildman–Crippen LogP) is 1.69. The predicted molar refractivity (Wildman–Crippen MR) is 48.7 cm³/mol. The lowest BCUT2D eigenvalue weighted by atomic mass is 10.0. The summed E-state index contributed by atoms with van der Waals surface area (Å²) in [5.41, 5.74) is 0. The number of rotatable bonds is 3. The van der Waals surface area contributed by atoms with Crippen molar-refractivity contribution in [3.63, 3.8) is 0 Å². The summed E-state index contributed by atoms with van der Waals surface area (Å²) >= 11 is 4.31. The Bertz CT molecular complexity index is 85.3. The highest BCUT2D eigenvalue weighted by Crippen LogP contribution is 2.27. The average Bonchev–Trinajstić information content (AvgIpc) is 2.43. The van der Waals surface area contributed by atoms with Crippen molar-refractivity contribution in [1.29, 1.82) is 0 Å². The van der Waals surface area contributed by atoms with Crippen LogP contribution in [0.3, 0.4) is 0 Å². The third-order valence-electron chi connectivity index (χ3n) is 2.54. The standard InChI is InChI=1S/C8H17NS/c1-9-8(6-10)7-4-2-3-5-7/h7-10H,2-6H2,1H3. The van der Waals surface area contributed by atoms with Crippen LogP contribution in [0, 0.1) is 5.92 Å². The van der Waals surface area contributed by atoms with E-state index in [4.69, 9.17) is 0 Å². The fourth-order valence-electron chi connectivity index (χ4n) is 1.84. The topological polar surface area (TPSA) is 12.0 Å². The van der Waals surface area contributed by atoms with Crippen LogP contribution in [0.4, 0.5) is 0 Å². The van der Waals surface area contributed by atoms with Gasteiger partial charge in [-0.25, -0.2) is 0 Å². The van der Waals surface area contributed by atoms with Gasteiger partial charge >= 0.3 is 0 Å². The number of thiol groups is 1. The lowest BCUT2D eigenvalue weighted by Gasteiger charge is -2.20. The summed E-state index contributed by atoms with van der Waals surface area (Å²) in [4.78, 5) is 0.